The molecule has 106 valence electrons. The highest BCUT2D eigenvalue weighted by Gasteiger charge is 2.05. The van der Waals surface area contributed by atoms with Crippen molar-refractivity contribution in [3.05, 3.63) is 53.2 Å². The molecule has 1 aromatic carbocycles. The number of carbonyl (C=O) groups excluding carboxylic acids is 1. The predicted octanol–water partition coefficient (Wildman–Crippen LogP) is 2.58. The van der Waals surface area contributed by atoms with Gasteiger partial charge in [0.1, 0.15) is 6.26 Å². The van der Waals surface area contributed by atoms with Crippen LogP contribution >= 0.6 is 0 Å². The molecule has 2 rings (SSSR count). The monoisotopic (exact) mass is 272 g/mol. The van der Waals surface area contributed by atoms with Crippen molar-refractivity contribution in [1.82, 2.24) is 10.3 Å². The van der Waals surface area contributed by atoms with Crippen molar-refractivity contribution < 1.29 is 9.21 Å². The van der Waals surface area contributed by atoms with E-state index in [1.165, 1.54) is 11.1 Å². The predicted molar refractivity (Wildman–Crippen MR) is 77.5 cm³/mol. The third-order valence-corrected chi connectivity index (χ3v) is 3.25. The smallest absolute Gasteiger partial charge is 0.220 e. The molecule has 4 heteroatoms. The van der Waals surface area contributed by atoms with Crippen LogP contribution in [0.3, 0.4) is 0 Å². The molecule has 0 bridgehead atoms. The number of aromatic nitrogens is 1. The number of benzene rings is 1. The molecule has 1 N–H and O–H groups in total. The third-order valence-electron chi connectivity index (χ3n) is 3.25. The van der Waals surface area contributed by atoms with Crippen molar-refractivity contribution in [3.63, 3.8) is 0 Å². The van der Waals surface area contributed by atoms with Crippen molar-refractivity contribution in [1.29, 1.82) is 0 Å². The lowest BCUT2D eigenvalue weighted by Gasteiger charge is -2.06. The second kappa shape index (κ2) is 6.89. The van der Waals surface area contributed by atoms with Gasteiger partial charge in [0.2, 0.25) is 5.91 Å². The van der Waals surface area contributed by atoms with Crippen LogP contribution in [0.2, 0.25) is 0 Å². The molecule has 0 aliphatic heterocycles. The van der Waals surface area contributed by atoms with Gasteiger partial charge in [-0.3, -0.25) is 4.79 Å². The number of nitrogens with zero attached hydrogens (tertiary/aromatic N) is 1. The third kappa shape index (κ3) is 4.23. The van der Waals surface area contributed by atoms with Crippen LogP contribution < -0.4 is 5.32 Å². The van der Waals surface area contributed by atoms with Crippen LogP contribution in [0.4, 0.5) is 0 Å². The number of amides is 1. The van der Waals surface area contributed by atoms with Crippen LogP contribution in [-0.2, 0) is 17.6 Å². The number of nitrogens with one attached hydrogen (secondary N) is 1. The van der Waals surface area contributed by atoms with E-state index >= 15 is 0 Å². The fourth-order valence-corrected chi connectivity index (χ4v) is 2.08. The Kier molecular flexibility index (Phi) is 4.93. The van der Waals surface area contributed by atoms with Gasteiger partial charge in [-0.15, -0.1) is 0 Å². The van der Waals surface area contributed by atoms with E-state index in [0.29, 0.717) is 25.3 Å². The first-order valence-corrected chi connectivity index (χ1v) is 6.87. The summed E-state index contributed by atoms with van der Waals surface area (Å²) < 4.78 is 5.12. The largest absolute Gasteiger partial charge is 0.449 e. The number of carbonyl (C=O) groups is 1. The average molecular weight is 272 g/mol. The molecule has 0 spiro atoms. The first-order valence-electron chi connectivity index (χ1n) is 6.87. The maximum absolute atomic E-state index is 11.8. The van der Waals surface area contributed by atoms with E-state index in [2.05, 4.69) is 29.4 Å². The normalized spacial score (nSPS) is 10.5. The van der Waals surface area contributed by atoms with Gasteiger partial charge in [-0.25, -0.2) is 4.98 Å². The molecule has 1 amide bonds. The number of aryl methyl sites for hydroxylation is 3. The van der Waals surface area contributed by atoms with Crippen LogP contribution in [0.5, 0.6) is 0 Å². The number of oxazole rings is 1. The summed E-state index contributed by atoms with van der Waals surface area (Å²) in [6.45, 7) is 4.48. The SMILES string of the molecule is Cc1nc(CCNC(=O)CCc2ccccc2C)co1. The Morgan fingerprint density at radius 2 is 2.05 bits per heavy atom. The second-order valence-corrected chi connectivity index (χ2v) is 4.88. The molecule has 0 saturated heterocycles. The number of hydrogen-bond acceptors (Lipinski definition) is 3. The van der Waals surface area contributed by atoms with Gasteiger partial charge in [-0.1, -0.05) is 24.3 Å². The van der Waals surface area contributed by atoms with Gasteiger partial charge in [0.15, 0.2) is 5.89 Å². The highest BCUT2D eigenvalue weighted by atomic mass is 16.3. The summed E-state index contributed by atoms with van der Waals surface area (Å²) in [6, 6.07) is 8.16. The van der Waals surface area contributed by atoms with Crippen molar-refractivity contribution in [2.75, 3.05) is 6.54 Å². The lowest BCUT2D eigenvalue weighted by molar-refractivity contribution is -0.121. The maximum atomic E-state index is 11.8. The lowest BCUT2D eigenvalue weighted by Crippen LogP contribution is -2.26. The van der Waals surface area contributed by atoms with E-state index in [1.807, 2.05) is 19.1 Å². The molecule has 0 fully saturated rings. The second-order valence-electron chi connectivity index (χ2n) is 4.88. The minimum Gasteiger partial charge on any atom is -0.449 e. The molecular weight excluding hydrogens is 252 g/mol. The van der Waals surface area contributed by atoms with E-state index in [-0.39, 0.29) is 5.91 Å². The standard InChI is InChI=1S/C16H20N2O2/c1-12-5-3-4-6-14(12)7-8-16(19)17-10-9-15-11-20-13(2)18-15/h3-6,11H,7-10H2,1-2H3,(H,17,19). The molecule has 2 aromatic rings. The number of rotatable bonds is 6. The summed E-state index contributed by atoms with van der Waals surface area (Å²) in [5.41, 5.74) is 3.34. The molecule has 20 heavy (non-hydrogen) atoms. The summed E-state index contributed by atoms with van der Waals surface area (Å²) in [4.78, 5) is 16.0. The van der Waals surface area contributed by atoms with Crippen molar-refractivity contribution >= 4 is 5.91 Å². The zero-order valence-electron chi connectivity index (χ0n) is 12.0. The summed E-state index contributed by atoms with van der Waals surface area (Å²) in [5.74, 6) is 0.736. The van der Waals surface area contributed by atoms with E-state index in [9.17, 15) is 4.79 Å². The molecule has 4 nitrogen and oxygen atoms in total. The van der Waals surface area contributed by atoms with Gasteiger partial charge in [0.05, 0.1) is 5.69 Å². The zero-order chi connectivity index (χ0) is 14.4. The first kappa shape index (κ1) is 14.3. The van der Waals surface area contributed by atoms with E-state index in [1.54, 1.807) is 6.26 Å². The Labute approximate surface area is 119 Å². The summed E-state index contributed by atoms with van der Waals surface area (Å²) in [6.07, 6.45) is 3.63. The highest BCUT2D eigenvalue weighted by molar-refractivity contribution is 5.76. The number of hydrogen-bond donors (Lipinski definition) is 1. The van der Waals surface area contributed by atoms with Gasteiger partial charge in [-0.05, 0) is 24.5 Å². The molecule has 0 atom stereocenters. The Balaban J connectivity index is 1.69. The molecule has 0 radical (unpaired) electrons. The fourth-order valence-electron chi connectivity index (χ4n) is 2.08. The van der Waals surface area contributed by atoms with Gasteiger partial charge in [0.25, 0.3) is 0 Å². The molecule has 0 unspecified atom stereocenters. The van der Waals surface area contributed by atoms with Crippen LogP contribution in [0, 0.1) is 13.8 Å². The summed E-state index contributed by atoms with van der Waals surface area (Å²) >= 11 is 0. The van der Waals surface area contributed by atoms with Crippen molar-refractivity contribution in [2.24, 2.45) is 0 Å². The van der Waals surface area contributed by atoms with Gasteiger partial charge in [-0.2, -0.15) is 0 Å². The maximum Gasteiger partial charge on any atom is 0.220 e. The minimum absolute atomic E-state index is 0.0773. The molecular formula is C16H20N2O2. The van der Waals surface area contributed by atoms with Gasteiger partial charge in [0, 0.05) is 26.3 Å². The van der Waals surface area contributed by atoms with E-state index in [4.69, 9.17) is 4.42 Å². The Morgan fingerprint density at radius 1 is 1.25 bits per heavy atom. The van der Waals surface area contributed by atoms with Crippen LogP contribution in [-0.4, -0.2) is 17.4 Å². The lowest BCUT2D eigenvalue weighted by atomic mass is 10.0. The molecule has 0 saturated carbocycles. The van der Waals surface area contributed by atoms with Gasteiger partial charge >= 0.3 is 0 Å². The minimum atomic E-state index is 0.0773. The van der Waals surface area contributed by atoms with Gasteiger partial charge < -0.3 is 9.73 Å². The Morgan fingerprint density at radius 3 is 2.75 bits per heavy atom. The van der Waals surface area contributed by atoms with Crippen molar-refractivity contribution in [2.45, 2.75) is 33.1 Å². The topological polar surface area (TPSA) is 55.1 Å². The summed E-state index contributed by atoms with van der Waals surface area (Å²) in [7, 11) is 0. The summed E-state index contributed by atoms with van der Waals surface area (Å²) in [5, 5.41) is 2.91. The molecule has 1 aromatic heterocycles. The van der Waals surface area contributed by atoms with Crippen LogP contribution in [0.25, 0.3) is 0 Å². The van der Waals surface area contributed by atoms with E-state index in [0.717, 1.165) is 12.1 Å². The molecule has 0 aliphatic rings. The fraction of sp³-hybridized carbons (Fsp3) is 0.375. The van der Waals surface area contributed by atoms with E-state index < -0.39 is 0 Å². The van der Waals surface area contributed by atoms with Crippen LogP contribution in [0.1, 0.15) is 29.1 Å². The molecule has 0 aliphatic carbocycles. The highest BCUT2D eigenvalue weighted by Crippen LogP contribution is 2.09. The Bertz CT molecular complexity index is 575. The molecule has 1 heterocycles. The van der Waals surface area contributed by atoms with Crippen molar-refractivity contribution in [3.8, 4) is 0 Å². The average Bonchev–Trinajstić information content (AvgIpc) is 2.83. The Hall–Kier alpha value is -2.10. The zero-order valence-corrected chi connectivity index (χ0v) is 12.0. The first-order chi connectivity index (χ1) is 9.65. The van der Waals surface area contributed by atoms with Crippen LogP contribution in [0.15, 0.2) is 34.9 Å². The quantitative estimate of drug-likeness (QED) is 0.879.